The lowest BCUT2D eigenvalue weighted by atomic mass is 9.88. The van der Waals surface area contributed by atoms with Crippen LogP contribution < -0.4 is 5.32 Å². The standard InChI is InChI=1S/C48H37ClN4O3/c49-36-22-23-42(40(25-36)47(32-12-2-1-3-13-32)52-43(48(55)56)24-35-26-50-41-17-9-8-14-37(35)41)51-44(54)29-53-27-33-20-18-30-10-4-6-15-38(30)45(33)46-34(28-53)21-19-31-11-5-7-16-39(31)46/h1-23,25-26,43,50H,24,27-29H2,(H,51,54)(H,55,56)/t43-/m1/s1. The number of carboxylic acid groups (broad SMARTS) is 1. The molecule has 0 unspecified atom stereocenters. The Morgan fingerprint density at radius 3 is 2.00 bits per heavy atom. The van der Waals surface area contributed by atoms with Crippen LogP contribution in [0.2, 0.25) is 5.02 Å². The summed E-state index contributed by atoms with van der Waals surface area (Å²) in [6.07, 6.45) is 2.01. The van der Waals surface area contributed by atoms with Crippen molar-refractivity contribution in [2.45, 2.75) is 25.6 Å². The van der Waals surface area contributed by atoms with Crippen LogP contribution in [-0.2, 0) is 29.1 Å². The quantitative estimate of drug-likeness (QED) is 0.128. The number of para-hydroxylation sites is 1. The first-order valence-corrected chi connectivity index (χ1v) is 19.0. The number of anilines is 1. The summed E-state index contributed by atoms with van der Waals surface area (Å²) in [6.45, 7) is 1.28. The van der Waals surface area contributed by atoms with Crippen LogP contribution in [0.25, 0.3) is 43.6 Å². The number of hydrogen-bond acceptors (Lipinski definition) is 4. The van der Waals surface area contributed by atoms with Gasteiger partial charge in [-0.3, -0.25) is 14.7 Å². The number of rotatable bonds is 9. The van der Waals surface area contributed by atoms with Crippen molar-refractivity contribution in [3.63, 3.8) is 0 Å². The number of aliphatic imine (C=N–C) groups is 1. The van der Waals surface area contributed by atoms with Crippen molar-refractivity contribution in [1.29, 1.82) is 0 Å². The highest BCUT2D eigenvalue weighted by molar-refractivity contribution is 6.31. The fourth-order valence-electron chi connectivity index (χ4n) is 8.10. The number of fused-ring (bicyclic) bond motifs is 8. The largest absolute Gasteiger partial charge is 0.480 e. The third kappa shape index (κ3) is 6.83. The molecule has 1 aromatic heterocycles. The molecule has 9 rings (SSSR count). The van der Waals surface area contributed by atoms with Crippen molar-refractivity contribution in [3.8, 4) is 11.1 Å². The number of nitrogens with zero attached hydrogens (tertiary/aromatic N) is 2. The SMILES string of the molecule is O=C(CN1Cc2ccc3ccccc3c2-c2c(ccc3ccccc23)C1)Nc1ccc(Cl)cc1C(=N[C@H](Cc1c[nH]c2ccccc12)C(=O)O)c1ccccc1. The molecule has 0 spiro atoms. The number of carbonyl (C=O) groups is 2. The summed E-state index contributed by atoms with van der Waals surface area (Å²) in [5.74, 6) is -1.26. The molecular weight excluding hydrogens is 716 g/mol. The van der Waals surface area contributed by atoms with Gasteiger partial charge in [-0.1, -0.05) is 133 Å². The zero-order valence-corrected chi connectivity index (χ0v) is 31.1. The molecule has 1 aliphatic rings. The lowest BCUT2D eigenvalue weighted by Crippen LogP contribution is -2.32. The average Bonchev–Trinajstić information content (AvgIpc) is 3.54. The van der Waals surface area contributed by atoms with Crippen LogP contribution in [0.15, 0.2) is 157 Å². The van der Waals surface area contributed by atoms with Crippen molar-refractivity contribution >= 4 is 67.3 Å². The van der Waals surface area contributed by atoms with E-state index >= 15 is 0 Å². The molecule has 1 atom stereocenters. The number of carboxylic acids is 1. The van der Waals surface area contributed by atoms with E-state index in [0.717, 1.165) is 27.6 Å². The van der Waals surface area contributed by atoms with E-state index < -0.39 is 12.0 Å². The van der Waals surface area contributed by atoms with E-state index in [1.807, 2.05) is 60.8 Å². The monoisotopic (exact) mass is 752 g/mol. The number of nitrogens with one attached hydrogen (secondary N) is 2. The number of H-pyrrole nitrogens is 1. The van der Waals surface area contributed by atoms with E-state index in [9.17, 15) is 14.7 Å². The van der Waals surface area contributed by atoms with Crippen LogP contribution in [0.1, 0.15) is 27.8 Å². The minimum absolute atomic E-state index is 0.122. The van der Waals surface area contributed by atoms with Gasteiger partial charge in [0.05, 0.1) is 17.9 Å². The molecule has 8 heteroatoms. The summed E-state index contributed by atoms with van der Waals surface area (Å²) in [7, 11) is 0. The summed E-state index contributed by atoms with van der Waals surface area (Å²) in [6, 6.07) is 47.0. The predicted molar refractivity (Wildman–Crippen MR) is 227 cm³/mol. The van der Waals surface area contributed by atoms with Gasteiger partial charge in [-0.05, 0) is 73.6 Å². The molecule has 3 N–H and O–H groups in total. The Hall–Kier alpha value is -6.54. The molecule has 2 heterocycles. The van der Waals surface area contributed by atoms with Crippen LogP contribution >= 0.6 is 11.6 Å². The van der Waals surface area contributed by atoms with Gasteiger partial charge in [0.25, 0.3) is 0 Å². The Morgan fingerprint density at radius 2 is 1.34 bits per heavy atom. The molecule has 0 radical (unpaired) electrons. The number of hydrogen-bond donors (Lipinski definition) is 3. The van der Waals surface area contributed by atoms with Gasteiger partial charge < -0.3 is 15.4 Å². The number of halogens is 1. The number of aromatic nitrogens is 1. The Labute approximate surface area is 328 Å². The second-order valence-corrected chi connectivity index (χ2v) is 14.7. The smallest absolute Gasteiger partial charge is 0.328 e. The number of carbonyl (C=O) groups excluding carboxylic acids is 1. The van der Waals surface area contributed by atoms with E-state index in [4.69, 9.17) is 16.6 Å². The molecule has 274 valence electrons. The molecular formula is C48H37ClN4O3. The molecule has 1 aliphatic heterocycles. The predicted octanol–water partition coefficient (Wildman–Crippen LogP) is 10.3. The van der Waals surface area contributed by atoms with E-state index in [2.05, 4.69) is 88.0 Å². The van der Waals surface area contributed by atoms with Gasteiger partial charge >= 0.3 is 5.97 Å². The van der Waals surface area contributed by atoms with E-state index in [-0.39, 0.29) is 18.9 Å². The molecule has 0 bridgehead atoms. The molecule has 0 aliphatic carbocycles. The van der Waals surface area contributed by atoms with Crippen molar-refractivity contribution < 1.29 is 14.7 Å². The molecule has 0 fully saturated rings. The van der Waals surface area contributed by atoms with Crippen molar-refractivity contribution in [2.75, 3.05) is 11.9 Å². The molecule has 0 saturated carbocycles. The maximum Gasteiger partial charge on any atom is 0.328 e. The van der Waals surface area contributed by atoms with Gasteiger partial charge in [0.1, 0.15) is 0 Å². The van der Waals surface area contributed by atoms with Crippen molar-refractivity contribution in [2.24, 2.45) is 4.99 Å². The third-order valence-corrected chi connectivity index (χ3v) is 10.9. The summed E-state index contributed by atoms with van der Waals surface area (Å²) >= 11 is 6.62. The van der Waals surface area contributed by atoms with Gasteiger partial charge in [0.15, 0.2) is 6.04 Å². The number of benzene rings is 7. The fraction of sp³-hybridized carbons (Fsp3) is 0.104. The molecule has 7 nitrogen and oxygen atoms in total. The first-order chi connectivity index (χ1) is 27.4. The minimum atomic E-state index is -1.11. The molecule has 0 saturated heterocycles. The van der Waals surface area contributed by atoms with Crippen molar-refractivity contribution in [1.82, 2.24) is 9.88 Å². The fourth-order valence-corrected chi connectivity index (χ4v) is 8.27. The topological polar surface area (TPSA) is 97.8 Å². The third-order valence-electron chi connectivity index (χ3n) is 10.7. The molecule has 1 amide bonds. The highest BCUT2D eigenvalue weighted by Crippen LogP contribution is 2.42. The van der Waals surface area contributed by atoms with E-state index in [0.29, 0.717) is 40.6 Å². The molecule has 7 aromatic carbocycles. The lowest BCUT2D eigenvalue weighted by Gasteiger charge is -2.22. The minimum Gasteiger partial charge on any atom is -0.480 e. The van der Waals surface area contributed by atoms with Gasteiger partial charge in [-0.25, -0.2) is 4.79 Å². The zero-order chi connectivity index (χ0) is 38.2. The Morgan fingerprint density at radius 1 is 0.732 bits per heavy atom. The van der Waals surface area contributed by atoms with Gasteiger partial charge in [0, 0.05) is 52.8 Å². The second-order valence-electron chi connectivity index (χ2n) is 14.3. The lowest BCUT2D eigenvalue weighted by molar-refractivity contribution is -0.138. The van der Waals surface area contributed by atoms with Gasteiger partial charge in [0.2, 0.25) is 5.91 Å². The zero-order valence-electron chi connectivity index (χ0n) is 30.4. The van der Waals surface area contributed by atoms with Crippen LogP contribution in [0.5, 0.6) is 0 Å². The number of amides is 1. The Kier molecular flexibility index (Phi) is 9.39. The average molecular weight is 753 g/mol. The van der Waals surface area contributed by atoms with Crippen LogP contribution in [0.4, 0.5) is 5.69 Å². The Balaban J connectivity index is 1.06. The van der Waals surface area contributed by atoms with Crippen LogP contribution in [0, 0.1) is 0 Å². The van der Waals surface area contributed by atoms with Gasteiger partial charge in [-0.15, -0.1) is 0 Å². The second kappa shape index (κ2) is 14.9. The highest BCUT2D eigenvalue weighted by atomic mass is 35.5. The van der Waals surface area contributed by atoms with Crippen LogP contribution in [-0.4, -0.2) is 45.2 Å². The Bertz CT molecular complexity index is 2740. The normalized spacial score (nSPS) is 13.6. The highest BCUT2D eigenvalue weighted by Gasteiger charge is 2.26. The molecule has 8 aromatic rings. The van der Waals surface area contributed by atoms with E-state index in [1.54, 1.807) is 18.2 Å². The van der Waals surface area contributed by atoms with E-state index in [1.165, 1.54) is 32.7 Å². The first kappa shape index (κ1) is 35.2. The first-order valence-electron chi connectivity index (χ1n) is 18.6. The summed E-state index contributed by atoms with van der Waals surface area (Å²) < 4.78 is 0. The molecule has 56 heavy (non-hydrogen) atoms. The maximum absolute atomic E-state index is 14.2. The van der Waals surface area contributed by atoms with Crippen molar-refractivity contribution in [3.05, 3.63) is 185 Å². The maximum atomic E-state index is 14.2. The number of aromatic amines is 1. The number of aliphatic carboxylic acids is 1. The summed E-state index contributed by atoms with van der Waals surface area (Å²) in [4.78, 5) is 37.4. The van der Waals surface area contributed by atoms with Crippen LogP contribution in [0.3, 0.4) is 0 Å². The summed E-state index contributed by atoms with van der Waals surface area (Å²) in [5.41, 5.74) is 8.67. The van der Waals surface area contributed by atoms with Gasteiger partial charge in [-0.2, -0.15) is 0 Å². The summed E-state index contributed by atoms with van der Waals surface area (Å²) in [5, 5.41) is 19.8.